The predicted molar refractivity (Wildman–Crippen MR) is 67.9 cm³/mol. The van der Waals surface area contributed by atoms with Gasteiger partial charge in [0.25, 0.3) is 5.89 Å². The number of carbonyl (C=O) groups is 1. The topological polar surface area (TPSA) is 58.8 Å². The monoisotopic (exact) mass is 265 g/mol. The molecule has 0 saturated carbocycles. The standard InChI is InChI=1S/C13H19N3O3/c1-15-5-4-11-10(8-15)14-12(19-11)13(17)16-6-3-9(7-16)18-2/h9H,3-8H2,1-2H3. The first-order valence-electron chi connectivity index (χ1n) is 6.66. The number of fused-ring (bicyclic) bond motifs is 1. The van der Waals surface area contributed by atoms with E-state index < -0.39 is 0 Å². The molecule has 1 unspecified atom stereocenters. The fourth-order valence-electron chi connectivity index (χ4n) is 2.66. The summed E-state index contributed by atoms with van der Waals surface area (Å²) in [6.07, 6.45) is 1.85. The second-order valence-electron chi connectivity index (χ2n) is 5.27. The molecule has 3 heterocycles. The predicted octanol–water partition coefficient (Wildman–Crippen LogP) is 0.523. The van der Waals surface area contributed by atoms with Gasteiger partial charge in [0.15, 0.2) is 0 Å². The molecule has 19 heavy (non-hydrogen) atoms. The van der Waals surface area contributed by atoms with Gasteiger partial charge >= 0.3 is 5.91 Å². The van der Waals surface area contributed by atoms with Crippen molar-refractivity contribution >= 4 is 5.91 Å². The number of aromatic nitrogens is 1. The Kier molecular flexibility index (Phi) is 3.28. The fraction of sp³-hybridized carbons (Fsp3) is 0.692. The molecule has 1 fully saturated rings. The van der Waals surface area contributed by atoms with Crippen molar-refractivity contribution in [2.45, 2.75) is 25.5 Å². The first-order valence-corrected chi connectivity index (χ1v) is 6.66. The highest BCUT2D eigenvalue weighted by atomic mass is 16.5. The molecule has 3 rings (SSSR count). The lowest BCUT2D eigenvalue weighted by Gasteiger charge is -2.19. The van der Waals surface area contributed by atoms with Crippen LogP contribution in [0.2, 0.25) is 0 Å². The number of hydrogen-bond acceptors (Lipinski definition) is 5. The molecule has 1 saturated heterocycles. The Morgan fingerprint density at radius 1 is 1.47 bits per heavy atom. The van der Waals surface area contributed by atoms with E-state index in [1.807, 2.05) is 7.05 Å². The number of likely N-dealkylation sites (N-methyl/N-ethyl adjacent to an activating group) is 1. The zero-order chi connectivity index (χ0) is 13.4. The first-order chi connectivity index (χ1) is 9.17. The summed E-state index contributed by atoms with van der Waals surface area (Å²) in [4.78, 5) is 20.6. The molecule has 1 aromatic heterocycles. The Hall–Kier alpha value is -1.40. The summed E-state index contributed by atoms with van der Waals surface area (Å²) in [5.41, 5.74) is 0.902. The summed E-state index contributed by atoms with van der Waals surface area (Å²) in [6.45, 7) is 3.05. The van der Waals surface area contributed by atoms with Crippen LogP contribution in [0.15, 0.2) is 4.42 Å². The summed E-state index contributed by atoms with van der Waals surface area (Å²) in [5, 5.41) is 0. The van der Waals surface area contributed by atoms with Crippen LogP contribution in [0.3, 0.4) is 0 Å². The summed E-state index contributed by atoms with van der Waals surface area (Å²) in [6, 6.07) is 0. The third kappa shape index (κ3) is 2.37. The van der Waals surface area contributed by atoms with Gasteiger partial charge in [0.2, 0.25) is 0 Å². The lowest BCUT2D eigenvalue weighted by Crippen LogP contribution is -2.30. The molecule has 0 aliphatic carbocycles. The SMILES string of the molecule is COC1CCN(C(=O)c2nc3c(o2)CCN(C)C3)C1. The molecule has 1 amide bonds. The fourth-order valence-corrected chi connectivity index (χ4v) is 2.66. The summed E-state index contributed by atoms with van der Waals surface area (Å²) in [7, 11) is 3.72. The average Bonchev–Trinajstić information content (AvgIpc) is 3.03. The van der Waals surface area contributed by atoms with Crippen molar-refractivity contribution in [3.05, 3.63) is 17.3 Å². The maximum Gasteiger partial charge on any atom is 0.309 e. The molecule has 1 aromatic rings. The number of ether oxygens (including phenoxy) is 1. The maximum atomic E-state index is 12.3. The van der Waals surface area contributed by atoms with Crippen LogP contribution in [-0.2, 0) is 17.7 Å². The van der Waals surface area contributed by atoms with Gasteiger partial charge in [0.1, 0.15) is 5.76 Å². The van der Waals surface area contributed by atoms with Crippen LogP contribution in [0.1, 0.15) is 28.6 Å². The molecule has 104 valence electrons. The van der Waals surface area contributed by atoms with E-state index in [-0.39, 0.29) is 17.9 Å². The molecule has 2 aliphatic heterocycles. The molecule has 6 heteroatoms. The van der Waals surface area contributed by atoms with Crippen LogP contribution in [0, 0.1) is 0 Å². The molecule has 0 bridgehead atoms. The van der Waals surface area contributed by atoms with Crippen molar-refractivity contribution in [1.29, 1.82) is 0 Å². The van der Waals surface area contributed by atoms with E-state index in [0.717, 1.165) is 37.4 Å². The number of hydrogen-bond donors (Lipinski definition) is 0. The molecule has 0 spiro atoms. The van der Waals surface area contributed by atoms with E-state index in [0.29, 0.717) is 13.1 Å². The quantitative estimate of drug-likeness (QED) is 0.780. The molecule has 2 aliphatic rings. The van der Waals surface area contributed by atoms with E-state index in [2.05, 4.69) is 9.88 Å². The molecule has 1 atom stereocenters. The first kappa shape index (κ1) is 12.6. The van der Waals surface area contributed by atoms with Crippen molar-refractivity contribution in [3.63, 3.8) is 0 Å². The Morgan fingerprint density at radius 3 is 3.05 bits per heavy atom. The molecular weight excluding hydrogens is 246 g/mol. The largest absolute Gasteiger partial charge is 0.437 e. The van der Waals surface area contributed by atoms with Crippen LogP contribution >= 0.6 is 0 Å². The van der Waals surface area contributed by atoms with Crippen molar-refractivity contribution in [2.24, 2.45) is 0 Å². The van der Waals surface area contributed by atoms with Gasteiger partial charge in [-0.25, -0.2) is 4.98 Å². The maximum absolute atomic E-state index is 12.3. The Morgan fingerprint density at radius 2 is 2.32 bits per heavy atom. The van der Waals surface area contributed by atoms with Gasteiger partial charge in [-0.2, -0.15) is 0 Å². The van der Waals surface area contributed by atoms with E-state index in [4.69, 9.17) is 9.15 Å². The van der Waals surface area contributed by atoms with Crippen molar-refractivity contribution in [2.75, 3.05) is 33.8 Å². The Labute approximate surface area is 112 Å². The number of rotatable bonds is 2. The van der Waals surface area contributed by atoms with Gasteiger partial charge in [-0.15, -0.1) is 0 Å². The lowest BCUT2D eigenvalue weighted by atomic mass is 10.2. The van der Waals surface area contributed by atoms with Gasteiger partial charge < -0.3 is 14.1 Å². The number of carbonyl (C=O) groups excluding carboxylic acids is 1. The van der Waals surface area contributed by atoms with E-state index in [1.54, 1.807) is 12.0 Å². The third-order valence-corrected chi connectivity index (χ3v) is 3.87. The minimum Gasteiger partial charge on any atom is -0.437 e. The number of likely N-dealkylation sites (tertiary alicyclic amines) is 1. The number of amides is 1. The highest BCUT2D eigenvalue weighted by Crippen LogP contribution is 2.21. The normalized spacial score (nSPS) is 23.7. The van der Waals surface area contributed by atoms with Gasteiger partial charge in [0, 0.05) is 39.7 Å². The molecule has 0 aromatic carbocycles. The average molecular weight is 265 g/mol. The number of methoxy groups -OCH3 is 1. The molecule has 0 N–H and O–H groups in total. The van der Waals surface area contributed by atoms with E-state index >= 15 is 0 Å². The summed E-state index contributed by atoms with van der Waals surface area (Å²) < 4.78 is 10.9. The van der Waals surface area contributed by atoms with Crippen LogP contribution in [0.4, 0.5) is 0 Å². The summed E-state index contributed by atoms with van der Waals surface area (Å²) in [5.74, 6) is 0.984. The van der Waals surface area contributed by atoms with Gasteiger partial charge in [-0.1, -0.05) is 0 Å². The van der Waals surface area contributed by atoms with Crippen molar-refractivity contribution in [3.8, 4) is 0 Å². The highest BCUT2D eigenvalue weighted by molar-refractivity contribution is 5.90. The van der Waals surface area contributed by atoms with Crippen molar-refractivity contribution < 1.29 is 13.9 Å². The van der Waals surface area contributed by atoms with Crippen LogP contribution in [0.25, 0.3) is 0 Å². The second-order valence-corrected chi connectivity index (χ2v) is 5.27. The highest BCUT2D eigenvalue weighted by Gasteiger charge is 2.31. The molecule has 6 nitrogen and oxygen atoms in total. The van der Waals surface area contributed by atoms with E-state index in [9.17, 15) is 4.79 Å². The molecule has 0 radical (unpaired) electrons. The number of oxazole rings is 1. The Balaban J connectivity index is 1.74. The van der Waals surface area contributed by atoms with Crippen LogP contribution in [0.5, 0.6) is 0 Å². The van der Waals surface area contributed by atoms with Crippen LogP contribution in [-0.4, -0.2) is 60.6 Å². The van der Waals surface area contributed by atoms with E-state index in [1.165, 1.54) is 0 Å². The van der Waals surface area contributed by atoms with Gasteiger partial charge in [-0.05, 0) is 13.5 Å². The lowest BCUT2D eigenvalue weighted by molar-refractivity contribution is 0.0687. The third-order valence-electron chi connectivity index (χ3n) is 3.87. The Bertz CT molecular complexity index is 485. The molecular formula is C13H19N3O3. The van der Waals surface area contributed by atoms with Gasteiger partial charge in [-0.3, -0.25) is 9.69 Å². The van der Waals surface area contributed by atoms with Crippen LogP contribution < -0.4 is 0 Å². The smallest absolute Gasteiger partial charge is 0.309 e. The zero-order valence-corrected chi connectivity index (χ0v) is 11.4. The minimum atomic E-state index is -0.114. The minimum absolute atomic E-state index is 0.114. The number of nitrogens with zero attached hydrogens (tertiary/aromatic N) is 3. The van der Waals surface area contributed by atoms with Crippen molar-refractivity contribution in [1.82, 2.24) is 14.8 Å². The second kappa shape index (κ2) is 4.94. The van der Waals surface area contributed by atoms with Gasteiger partial charge in [0.05, 0.1) is 11.8 Å². The summed E-state index contributed by atoms with van der Waals surface area (Å²) >= 11 is 0. The zero-order valence-electron chi connectivity index (χ0n) is 11.4.